The van der Waals surface area contributed by atoms with Crippen molar-refractivity contribution in [2.45, 2.75) is 5.51 Å². The summed E-state index contributed by atoms with van der Waals surface area (Å²) in [4.78, 5) is 13.6. The van der Waals surface area contributed by atoms with Gasteiger partial charge in [0, 0.05) is 26.2 Å². The maximum absolute atomic E-state index is 12.3. The fraction of sp³-hybridized carbons (Fsp3) is 0.600. The summed E-state index contributed by atoms with van der Waals surface area (Å²) in [5, 5.41) is 3.43. The fourth-order valence-electron chi connectivity index (χ4n) is 1.93. The molecule has 14 heteroatoms. The van der Waals surface area contributed by atoms with Crippen molar-refractivity contribution < 1.29 is 39.7 Å². The maximum atomic E-state index is 12.3. The monoisotopic (exact) mass is 393 g/mol. The van der Waals surface area contributed by atoms with E-state index in [2.05, 4.69) is 9.28 Å². The van der Waals surface area contributed by atoms with Gasteiger partial charge in [-0.25, -0.2) is 0 Å². The Hall–Kier alpha value is -1.51. The number of nitrogens with zero attached hydrogens (tertiary/aromatic N) is 3. The van der Waals surface area contributed by atoms with E-state index in [9.17, 15) is 35.5 Å². The lowest BCUT2D eigenvalue weighted by Gasteiger charge is -2.40. The third-order valence-electron chi connectivity index (χ3n) is 3.22. The zero-order valence-electron chi connectivity index (χ0n) is 12.2. The predicted octanol–water partition coefficient (Wildman–Crippen LogP) is 0.855. The lowest BCUT2D eigenvalue weighted by atomic mass is 10.3. The molecule has 1 aromatic heterocycles. The van der Waals surface area contributed by atoms with E-state index >= 15 is 0 Å². The normalized spacial score (nSPS) is 19.8. The summed E-state index contributed by atoms with van der Waals surface area (Å²) in [6.45, 7) is 0.0901. The van der Waals surface area contributed by atoms with Gasteiger partial charge < -0.3 is 9.08 Å². The molecule has 1 aromatic rings. The molecule has 2 rings (SSSR count). The van der Waals surface area contributed by atoms with Crippen LogP contribution in [0.3, 0.4) is 0 Å². The molecule has 0 radical (unpaired) electrons. The van der Waals surface area contributed by atoms with Crippen molar-refractivity contribution in [2.24, 2.45) is 7.05 Å². The van der Waals surface area contributed by atoms with Crippen molar-refractivity contribution in [3.8, 4) is 5.88 Å². The molecule has 2 heterocycles. The molecule has 0 spiro atoms. The van der Waals surface area contributed by atoms with E-state index in [4.69, 9.17) is 0 Å². The molecule has 0 aliphatic carbocycles. The quantitative estimate of drug-likeness (QED) is 0.577. The van der Waals surface area contributed by atoms with Crippen LogP contribution in [-0.2, 0) is 17.2 Å². The number of carbonyl (C=O) groups excluding carboxylic acids is 1. The molecule has 0 unspecified atom stereocenters. The topological polar surface area (TPSA) is 122 Å². The zero-order valence-corrected chi connectivity index (χ0v) is 13.9. The zero-order chi connectivity index (χ0) is 18.3. The minimum absolute atomic E-state index is 0.0115. The molecule has 138 valence electrons. The molecule has 0 saturated carbocycles. The molecule has 0 bridgehead atoms. The van der Waals surface area contributed by atoms with E-state index < -0.39 is 38.0 Å². The Labute approximate surface area is 136 Å². The highest BCUT2D eigenvalue weighted by Gasteiger charge is 2.49. The average molecular weight is 393 g/mol. The van der Waals surface area contributed by atoms with Gasteiger partial charge >= 0.3 is 15.6 Å². The maximum Gasteiger partial charge on any atom is 0.534 e. The molecule has 1 aliphatic heterocycles. The van der Waals surface area contributed by atoms with E-state index in [1.165, 1.54) is 11.9 Å². The minimum atomic E-state index is -5.88. The van der Waals surface area contributed by atoms with Crippen LogP contribution in [0.2, 0.25) is 0 Å². The SMILES string of the molecule is Cn1nc(OS(=O)(=O)C(F)(F)F)cc1C(=O)N1CCS(O)(O)CC1. The molecule has 1 saturated heterocycles. The summed E-state index contributed by atoms with van der Waals surface area (Å²) in [5.74, 6) is -1.55. The predicted molar refractivity (Wildman–Crippen MR) is 77.3 cm³/mol. The number of hydrogen-bond acceptors (Lipinski definition) is 7. The molecule has 2 N–H and O–H groups in total. The second kappa shape index (κ2) is 6.09. The first kappa shape index (κ1) is 18.8. The van der Waals surface area contributed by atoms with Crippen LogP contribution >= 0.6 is 10.6 Å². The molecule has 1 fully saturated rings. The molecule has 24 heavy (non-hydrogen) atoms. The van der Waals surface area contributed by atoms with Crippen LogP contribution in [0.25, 0.3) is 0 Å². The van der Waals surface area contributed by atoms with E-state index in [1.807, 2.05) is 0 Å². The summed E-state index contributed by atoms with van der Waals surface area (Å²) in [7, 11) is -7.37. The highest BCUT2D eigenvalue weighted by Crippen LogP contribution is 2.40. The number of carbonyl (C=O) groups is 1. The lowest BCUT2D eigenvalue weighted by molar-refractivity contribution is -0.0501. The largest absolute Gasteiger partial charge is 0.534 e. The third kappa shape index (κ3) is 3.93. The van der Waals surface area contributed by atoms with Crippen molar-refractivity contribution in [2.75, 3.05) is 24.6 Å². The minimum Gasteiger partial charge on any atom is -0.354 e. The first-order chi connectivity index (χ1) is 10.8. The second-order valence-corrected chi connectivity index (χ2v) is 8.94. The third-order valence-corrected chi connectivity index (χ3v) is 5.85. The first-order valence-electron chi connectivity index (χ1n) is 6.40. The summed E-state index contributed by atoms with van der Waals surface area (Å²) in [6, 6.07) is 0.776. The molecule has 9 nitrogen and oxygen atoms in total. The van der Waals surface area contributed by atoms with Gasteiger partial charge in [-0.2, -0.15) is 32.2 Å². The highest BCUT2D eigenvalue weighted by atomic mass is 32.3. The Bertz CT molecular complexity index is 736. The fourth-order valence-corrected chi connectivity index (χ4v) is 3.56. The van der Waals surface area contributed by atoms with Crippen LogP contribution in [0.5, 0.6) is 5.88 Å². The van der Waals surface area contributed by atoms with E-state index in [1.54, 1.807) is 0 Å². The van der Waals surface area contributed by atoms with Crippen molar-refractivity contribution in [3.05, 3.63) is 11.8 Å². The summed E-state index contributed by atoms with van der Waals surface area (Å²) in [5.41, 5.74) is -5.81. The van der Waals surface area contributed by atoms with Gasteiger partial charge in [0.05, 0.1) is 11.5 Å². The Morgan fingerprint density at radius 2 is 1.88 bits per heavy atom. The number of hydrogen-bond donors (Lipinski definition) is 2. The Kier molecular flexibility index (Phi) is 4.78. The van der Waals surface area contributed by atoms with Crippen molar-refractivity contribution in [1.82, 2.24) is 14.7 Å². The molecule has 0 aromatic carbocycles. The second-order valence-electron chi connectivity index (χ2n) is 4.98. The van der Waals surface area contributed by atoms with Crippen LogP contribution in [0, 0.1) is 0 Å². The van der Waals surface area contributed by atoms with E-state index in [-0.39, 0.29) is 30.3 Å². The van der Waals surface area contributed by atoms with Gasteiger partial charge in [-0.05, 0) is 0 Å². The summed E-state index contributed by atoms with van der Waals surface area (Å²) in [6.07, 6.45) is 0. The average Bonchev–Trinajstić information content (AvgIpc) is 2.76. The number of halogens is 3. The van der Waals surface area contributed by atoms with Crippen molar-refractivity contribution in [1.29, 1.82) is 0 Å². The number of aromatic nitrogens is 2. The first-order valence-corrected chi connectivity index (χ1v) is 9.69. The van der Waals surface area contributed by atoms with Crippen molar-refractivity contribution in [3.63, 3.8) is 0 Å². The Morgan fingerprint density at radius 1 is 1.33 bits per heavy atom. The summed E-state index contributed by atoms with van der Waals surface area (Å²) < 4.78 is 82.5. The van der Waals surface area contributed by atoms with Gasteiger partial charge in [0.25, 0.3) is 11.8 Å². The molecule has 0 atom stereocenters. The Balaban J connectivity index is 2.16. The summed E-state index contributed by atoms with van der Waals surface area (Å²) >= 11 is 0. The molecule has 1 aliphatic rings. The number of amides is 1. The van der Waals surface area contributed by atoms with Crippen LogP contribution in [0.1, 0.15) is 10.5 Å². The van der Waals surface area contributed by atoms with Crippen molar-refractivity contribution >= 4 is 26.6 Å². The Morgan fingerprint density at radius 3 is 2.38 bits per heavy atom. The molecular formula is C10H14F3N3O6S2. The lowest BCUT2D eigenvalue weighted by Crippen LogP contribution is -2.42. The van der Waals surface area contributed by atoms with Gasteiger partial charge in [0.1, 0.15) is 5.69 Å². The number of rotatable bonds is 3. The van der Waals surface area contributed by atoms with E-state index in [0.717, 1.165) is 10.7 Å². The van der Waals surface area contributed by atoms with Crippen LogP contribution in [0.4, 0.5) is 13.2 Å². The van der Waals surface area contributed by atoms with Crippen LogP contribution in [-0.4, -0.2) is 68.2 Å². The van der Waals surface area contributed by atoms with E-state index in [0.29, 0.717) is 0 Å². The van der Waals surface area contributed by atoms with Crippen LogP contribution < -0.4 is 4.18 Å². The number of aryl methyl sites for hydroxylation is 1. The smallest absolute Gasteiger partial charge is 0.354 e. The van der Waals surface area contributed by atoms with Gasteiger partial charge in [-0.3, -0.25) is 18.6 Å². The van der Waals surface area contributed by atoms with Gasteiger partial charge in [-0.15, -0.1) is 5.10 Å². The highest BCUT2D eigenvalue weighted by molar-refractivity contribution is 8.24. The molecular weight excluding hydrogens is 379 g/mol. The van der Waals surface area contributed by atoms with Gasteiger partial charge in [-0.1, -0.05) is 0 Å². The molecule has 1 amide bonds. The number of alkyl halides is 3. The standard InChI is InChI=1S/C10H14F3N3O6S2/c1-15-7(9(17)16-2-4-23(18,19)5-3-16)6-8(14-15)22-24(20,21)10(11,12)13/h6,18-19H,2-5H2,1H3. The van der Waals surface area contributed by atoms with Crippen LogP contribution in [0.15, 0.2) is 6.07 Å². The van der Waals surface area contributed by atoms with Gasteiger partial charge in [0.15, 0.2) is 0 Å². The van der Waals surface area contributed by atoms with Gasteiger partial charge in [0.2, 0.25) is 0 Å².